The van der Waals surface area contributed by atoms with E-state index in [2.05, 4.69) is 42.0 Å². The Morgan fingerprint density at radius 1 is 1.36 bits per heavy atom. The molecule has 158 valence electrons. The van der Waals surface area contributed by atoms with Crippen LogP contribution in [0.2, 0.25) is 0 Å². The highest BCUT2D eigenvalue weighted by Crippen LogP contribution is 2.35. The highest BCUT2D eigenvalue weighted by molar-refractivity contribution is 5.72. The highest BCUT2D eigenvalue weighted by Gasteiger charge is 2.33. The highest BCUT2D eigenvalue weighted by atomic mass is 16.6. The van der Waals surface area contributed by atoms with E-state index in [4.69, 9.17) is 11.2 Å². The normalized spacial score (nSPS) is 23.9. The lowest BCUT2D eigenvalue weighted by Gasteiger charge is -2.36. The van der Waals surface area contributed by atoms with Gasteiger partial charge in [0.05, 0.1) is 7.11 Å². The van der Waals surface area contributed by atoms with E-state index in [1.165, 1.54) is 13.5 Å². The third-order valence-corrected chi connectivity index (χ3v) is 5.82. The maximum atomic E-state index is 12.2. The molecule has 1 saturated carbocycles. The number of nitrogens with zero attached hydrogens (tertiary/aromatic N) is 1. The van der Waals surface area contributed by atoms with Crippen LogP contribution in [-0.4, -0.2) is 31.5 Å². The summed E-state index contributed by atoms with van der Waals surface area (Å²) in [6.45, 7) is 10.3. The predicted octanol–water partition coefficient (Wildman–Crippen LogP) is 4.39. The first-order valence-electron chi connectivity index (χ1n) is 10.1. The van der Waals surface area contributed by atoms with E-state index in [0.29, 0.717) is 24.2 Å². The molecule has 1 aliphatic carbocycles. The molecule has 6 nitrogen and oxygen atoms in total. The molecule has 0 saturated heterocycles. The van der Waals surface area contributed by atoms with Crippen molar-refractivity contribution in [2.45, 2.75) is 72.8 Å². The van der Waals surface area contributed by atoms with E-state index in [0.717, 1.165) is 12.8 Å². The van der Waals surface area contributed by atoms with Gasteiger partial charge in [0.15, 0.2) is 0 Å². The number of hydrazone groups is 1. The summed E-state index contributed by atoms with van der Waals surface area (Å²) in [4.78, 5) is 23.7. The van der Waals surface area contributed by atoms with Crippen molar-refractivity contribution in [3.8, 4) is 12.3 Å². The second-order valence-corrected chi connectivity index (χ2v) is 8.75. The van der Waals surface area contributed by atoms with Gasteiger partial charge in [-0.3, -0.25) is 4.79 Å². The van der Waals surface area contributed by atoms with Crippen LogP contribution in [0.25, 0.3) is 0 Å². The number of ether oxygens (including phenoxy) is 2. The van der Waals surface area contributed by atoms with E-state index in [9.17, 15) is 9.59 Å². The molecule has 0 aromatic heterocycles. The Labute approximate surface area is 169 Å². The zero-order valence-electron chi connectivity index (χ0n) is 18.2. The van der Waals surface area contributed by atoms with Gasteiger partial charge >= 0.3 is 12.1 Å². The quantitative estimate of drug-likeness (QED) is 0.288. The number of carbonyl (C=O) groups is 2. The van der Waals surface area contributed by atoms with Crippen molar-refractivity contribution < 1.29 is 19.1 Å². The van der Waals surface area contributed by atoms with E-state index < -0.39 is 11.5 Å². The van der Waals surface area contributed by atoms with Crippen molar-refractivity contribution in [2.75, 3.05) is 7.11 Å². The van der Waals surface area contributed by atoms with Crippen molar-refractivity contribution in [2.24, 2.45) is 34.2 Å². The Balaban J connectivity index is 2.66. The topological polar surface area (TPSA) is 77.0 Å². The van der Waals surface area contributed by atoms with Gasteiger partial charge in [0.2, 0.25) is 0 Å². The van der Waals surface area contributed by atoms with Crippen molar-refractivity contribution in [1.82, 2.24) is 5.43 Å². The van der Waals surface area contributed by atoms with Crippen LogP contribution in [-0.2, 0) is 14.3 Å². The number of amides is 1. The molecule has 4 unspecified atom stereocenters. The number of carbonyl (C=O) groups excluding carboxylic acids is 2. The second kappa shape index (κ2) is 11.1. The first-order chi connectivity index (χ1) is 13.1. The van der Waals surface area contributed by atoms with Crippen molar-refractivity contribution in [3.63, 3.8) is 0 Å². The lowest BCUT2D eigenvalue weighted by Crippen LogP contribution is -2.38. The Hall–Kier alpha value is -2.03. The molecule has 0 heterocycles. The first kappa shape index (κ1) is 24.0. The van der Waals surface area contributed by atoms with Crippen molar-refractivity contribution >= 4 is 18.3 Å². The summed E-state index contributed by atoms with van der Waals surface area (Å²) >= 11 is 0. The molecule has 28 heavy (non-hydrogen) atoms. The molecule has 1 fully saturated rings. The smallest absolute Gasteiger partial charge is 0.428 e. The number of methoxy groups -OCH3 is 1. The maximum Gasteiger partial charge on any atom is 0.428 e. The number of terminal acetylenes is 1. The lowest BCUT2D eigenvalue weighted by molar-refractivity contribution is -0.140. The molecule has 0 aromatic carbocycles. The van der Waals surface area contributed by atoms with E-state index >= 15 is 0 Å². The van der Waals surface area contributed by atoms with Gasteiger partial charge in [-0.1, -0.05) is 33.1 Å². The monoisotopic (exact) mass is 392 g/mol. The fourth-order valence-electron chi connectivity index (χ4n) is 3.70. The summed E-state index contributed by atoms with van der Waals surface area (Å²) in [5, 5.41) is 4.05. The van der Waals surface area contributed by atoms with Gasteiger partial charge in [-0.05, 0) is 50.9 Å². The fraction of sp³-hybridized carbons (Fsp3) is 0.773. The summed E-state index contributed by atoms with van der Waals surface area (Å²) in [7, 11) is 1.35. The minimum Gasteiger partial charge on any atom is -0.469 e. The predicted molar refractivity (Wildman–Crippen MR) is 111 cm³/mol. The molecule has 0 aromatic rings. The van der Waals surface area contributed by atoms with Crippen LogP contribution in [0.5, 0.6) is 0 Å². The van der Waals surface area contributed by atoms with Gasteiger partial charge in [0.25, 0.3) is 0 Å². The average Bonchev–Trinajstić information content (AvgIpc) is 2.63. The average molecular weight is 393 g/mol. The summed E-state index contributed by atoms with van der Waals surface area (Å²) < 4.78 is 10.4. The SMILES string of the molecule is C#CC(C)(C)C(/C=N/NC(=O)OC1CC(C)CCC1C(C)C)CCC(=O)OC. The summed E-state index contributed by atoms with van der Waals surface area (Å²) in [5.41, 5.74) is 1.95. The molecule has 1 rings (SSSR count). The first-order valence-corrected chi connectivity index (χ1v) is 10.1. The molecule has 0 bridgehead atoms. The van der Waals surface area contributed by atoms with Gasteiger partial charge in [-0.25, -0.2) is 10.2 Å². The number of rotatable bonds is 8. The van der Waals surface area contributed by atoms with Crippen LogP contribution in [0.1, 0.15) is 66.7 Å². The Bertz CT molecular complexity index is 592. The van der Waals surface area contributed by atoms with Crippen LogP contribution in [0.3, 0.4) is 0 Å². The zero-order valence-corrected chi connectivity index (χ0v) is 18.2. The molecular formula is C22H36N2O4. The van der Waals surface area contributed by atoms with E-state index in [1.54, 1.807) is 6.21 Å². The number of hydrogen-bond acceptors (Lipinski definition) is 5. The minimum atomic E-state index is -0.550. The zero-order chi connectivity index (χ0) is 21.3. The summed E-state index contributed by atoms with van der Waals surface area (Å²) in [5.74, 6) is 3.63. The molecule has 0 aliphatic heterocycles. The third-order valence-electron chi connectivity index (χ3n) is 5.82. The summed E-state index contributed by atoms with van der Waals surface area (Å²) in [6, 6.07) is 0. The van der Waals surface area contributed by atoms with Crippen LogP contribution in [0.4, 0.5) is 4.79 Å². The number of esters is 1. The summed E-state index contributed by atoms with van der Waals surface area (Å²) in [6.07, 6.45) is 10.4. The lowest BCUT2D eigenvalue weighted by atomic mass is 9.75. The molecule has 0 radical (unpaired) electrons. The van der Waals surface area contributed by atoms with Gasteiger partial charge in [0, 0.05) is 24.0 Å². The van der Waals surface area contributed by atoms with E-state index in [1.807, 2.05) is 13.8 Å². The van der Waals surface area contributed by atoms with Gasteiger partial charge in [-0.15, -0.1) is 6.42 Å². The molecule has 0 spiro atoms. The minimum absolute atomic E-state index is 0.0868. The standard InChI is InChI=1S/C22H36N2O4/c1-8-22(5,6)17(10-12-20(25)27-7)14-23-24-21(26)28-19-13-16(4)9-11-18(19)15(2)3/h1,14-19H,9-13H2,2-7H3,(H,24,26)/b23-14+. The van der Waals surface area contributed by atoms with Crippen molar-refractivity contribution in [1.29, 1.82) is 0 Å². The molecular weight excluding hydrogens is 356 g/mol. The molecule has 1 aliphatic rings. The Morgan fingerprint density at radius 2 is 2.04 bits per heavy atom. The van der Waals surface area contributed by atoms with Gasteiger partial charge in [0.1, 0.15) is 6.10 Å². The number of hydrogen-bond donors (Lipinski definition) is 1. The molecule has 6 heteroatoms. The molecule has 1 amide bonds. The van der Waals surface area contributed by atoms with E-state index in [-0.39, 0.29) is 24.4 Å². The van der Waals surface area contributed by atoms with Crippen molar-refractivity contribution in [3.05, 3.63) is 0 Å². The van der Waals surface area contributed by atoms with Gasteiger partial charge in [-0.2, -0.15) is 5.10 Å². The Morgan fingerprint density at radius 3 is 2.61 bits per heavy atom. The fourth-order valence-corrected chi connectivity index (χ4v) is 3.70. The van der Waals surface area contributed by atoms with Crippen LogP contribution >= 0.6 is 0 Å². The Kier molecular flexibility index (Phi) is 9.51. The maximum absolute atomic E-state index is 12.2. The molecule has 1 N–H and O–H groups in total. The largest absolute Gasteiger partial charge is 0.469 e. The van der Waals surface area contributed by atoms with Crippen LogP contribution in [0, 0.1) is 41.4 Å². The third kappa shape index (κ3) is 7.53. The second-order valence-electron chi connectivity index (χ2n) is 8.75. The van der Waals surface area contributed by atoms with Crippen LogP contribution in [0.15, 0.2) is 5.10 Å². The molecule has 4 atom stereocenters. The van der Waals surface area contributed by atoms with Crippen LogP contribution < -0.4 is 5.43 Å². The van der Waals surface area contributed by atoms with Gasteiger partial charge < -0.3 is 9.47 Å². The number of nitrogens with one attached hydrogen (secondary N) is 1.